The molecular weight excluding hydrogens is 285 g/mol. The highest BCUT2D eigenvalue weighted by Crippen LogP contribution is 2.10. The van der Waals surface area contributed by atoms with Crippen LogP contribution in [0, 0.1) is 11.7 Å². The summed E-state index contributed by atoms with van der Waals surface area (Å²) in [5.74, 6) is -0.434. The van der Waals surface area contributed by atoms with Gasteiger partial charge in [-0.05, 0) is 43.5 Å². The molecule has 0 saturated carbocycles. The van der Waals surface area contributed by atoms with Crippen molar-refractivity contribution < 1.29 is 18.7 Å². The van der Waals surface area contributed by atoms with E-state index in [0.29, 0.717) is 31.2 Å². The van der Waals surface area contributed by atoms with E-state index in [1.54, 1.807) is 11.8 Å². The summed E-state index contributed by atoms with van der Waals surface area (Å²) in [6, 6.07) is 5.45. The van der Waals surface area contributed by atoms with Gasteiger partial charge in [-0.15, -0.1) is 0 Å². The highest BCUT2D eigenvalue weighted by molar-refractivity contribution is 5.94. The maximum atomic E-state index is 13.0. The molecule has 0 aliphatic rings. The summed E-state index contributed by atoms with van der Waals surface area (Å²) in [6.45, 7) is 7.10. The van der Waals surface area contributed by atoms with Gasteiger partial charge in [-0.2, -0.15) is 0 Å². The van der Waals surface area contributed by atoms with E-state index in [1.807, 2.05) is 0 Å². The van der Waals surface area contributed by atoms with Crippen LogP contribution in [0.3, 0.4) is 0 Å². The number of nitrogens with zero attached hydrogens (tertiary/aromatic N) is 1. The highest BCUT2D eigenvalue weighted by atomic mass is 19.1. The van der Waals surface area contributed by atoms with Crippen LogP contribution in [0.2, 0.25) is 0 Å². The lowest BCUT2D eigenvalue weighted by Gasteiger charge is -2.23. The predicted molar refractivity (Wildman–Crippen MR) is 83.0 cm³/mol. The molecule has 0 aromatic heterocycles. The standard InChI is InChI=1S/C17H24FNO3/c1-4-22-16(20)10-12-19(11-9-13(2)3)17(21)14-5-7-15(18)8-6-14/h5-8,13H,4,9-12H2,1-3H3. The lowest BCUT2D eigenvalue weighted by molar-refractivity contribution is -0.143. The van der Waals surface area contributed by atoms with E-state index in [9.17, 15) is 14.0 Å². The predicted octanol–water partition coefficient (Wildman–Crippen LogP) is 3.27. The number of hydrogen-bond donors (Lipinski definition) is 0. The van der Waals surface area contributed by atoms with Crippen molar-refractivity contribution in [3.8, 4) is 0 Å². The van der Waals surface area contributed by atoms with Crippen molar-refractivity contribution in [3.05, 3.63) is 35.6 Å². The molecule has 0 fully saturated rings. The maximum Gasteiger partial charge on any atom is 0.307 e. The Morgan fingerprint density at radius 2 is 1.82 bits per heavy atom. The lowest BCUT2D eigenvalue weighted by Crippen LogP contribution is -2.34. The Morgan fingerprint density at radius 1 is 1.18 bits per heavy atom. The third-order valence-electron chi connectivity index (χ3n) is 3.25. The van der Waals surface area contributed by atoms with Gasteiger partial charge in [0.1, 0.15) is 5.82 Å². The third kappa shape index (κ3) is 6.24. The number of benzene rings is 1. The summed E-state index contributed by atoms with van der Waals surface area (Å²) < 4.78 is 17.9. The number of hydrogen-bond acceptors (Lipinski definition) is 3. The maximum absolute atomic E-state index is 13.0. The number of esters is 1. The molecule has 1 aromatic carbocycles. The number of ether oxygens (including phenoxy) is 1. The van der Waals surface area contributed by atoms with Crippen LogP contribution in [0.5, 0.6) is 0 Å². The van der Waals surface area contributed by atoms with Gasteiger partial charge in [0.25, 0.3) is 5.91 Å². The minimum absolute atomic E-state index is 0.166. The van der Waals surface area contributed by atoms with E-state index in [4.69, 9.17) is 4.74 Å². The average Bonchev–Trinajstić information content (AvgIpc) is 2.47. The van der Waals surface area contributed by atoms with E-state index >= 15 is 0 Å². The number of amides is 1. The van der Waals surface area contributed by atoms with Gasteiger partial charge in [-0.25, -0.2) is 4.39 Å². The topological polar surface area (TPSA) is 46.6 Å². The molecule has 122 valence electrons. The molecule has 0 N–H and O–H groups in total. The highest BCUT2D eigenvalue weighted by Gasteiger charge is 2.17. The molecule has 0 aliphatic heterocycles. The van der Waals surface area contributed by atoms with Crippen molar-refractivity contribution in [2.75, 3.05) is 19.7 Å². The summed E-state index contributed by atoms with van der Waals surface area (Å²) in [5.41, 5.74) is 0.425. The fourth-order valence-corrected chi connectivity index (χ4v) is 1.96. The molecule has 1 amide bonds. The van der Waals surface area contributed by atoms with E-state index in [0.717, 1.165) is 6.42 Å². The molecular formula is C17H24FNO3. The number of carbonyl (C=O) groups excluding carboxylic acids is 2. The van der Waals surface area contributed by atoms with Crippen LogP contribution in [0.25, 0.3) is 0 Å². The van der Waals surface area contributed by atoms with Gasteiger partial charge in [-0.1, -0.05) is 13.8 Å². The molecule has 0 heterocycles. The molecule has 0 bridgehead atoms. The quantitative estimate of drug-likeness (QED) is 0.692. The van der Waals surface area contributed by atoms with Gasteiger partial charge >= 0.3 is 5.97 Å². The van der Waals surface area contributed by atoms with Crippen molar-refractivity contribution in [1.82, 2.24) is 4.90 Å². The van der Waals surface area contributed by atoms with Gasteiger partial charge in [0, 0.05) is 18.7 Å². The van der Waals surface area contributed by atoms with Crippen molar-refractivity contribution in [1.29, 1.82) is 0 Å². The van der Waals surface area contributed by atoms with E-state index < -0.39 is 0 Å². The van der Waals surface area contributed by atoms with Gasteiger partial charge in [0.15, 0.2) is 0 Å². The Labute approximate surface area is 131 Å². The molecule has 0 atom stereocenters. The van der Waals surface area contributed by atoms with Crippen LogP contribution in [-0.2, 0) is 9.53 Å². The number of carbonyl (C=O) groups is 2. The molecule has 0 aliphatic carbocycles. The van der Waals surface area contributed by atoms with Gasteiger partial charge in [-0.3, -0.25) is 9.59 Å². The van der Waals surface area contributed by atoms with Crippen molar-refractivity contribution in [2.45, 2.75) is 33.6 Å². The first-order chi connectivity index (χ1) is 10.4. The SMILES string of the molecule is CCOC(=O)CCN(CCC(C)C)C(=O)c1ccc(F)cc1. The van der Waals surface area contributed by atoms with Crippen LogP contribution >= 0.6 is 0 Å². The van der Waals surface area contributed by atoms with Crippen molar-refractivity contribution in [2.24, 2.45) is 5.92 Å². The molecule has 0 radical (unpaired) electrons. The minimum Gasteiger partial charge on any atom is -0.466 e. The van der Waals surface area contributed by atoms with Crippen LogP contribution in [-0.4, -0.2) is 36.5 Å². The molecule has 0 unspecified atom stereocenters. The van der Waals surface area contributed by atoms with E-state index in [1.165, 1.54) is 24.3 Å². The second-order valence-corrected chi connectivity index (χ2v) is 5.54. The first kappa shape index (κ1) is 18.1. The second kappa shape index (κ2) is 9.18. The second-order valence-electron chi connectivity index (χ2n) is 5.54. The Balaban J connectivity index is 2.72. The molecule has 4 nitrogen and oxygen atoms in total. The zero-order valence-corrected chi connectivity index (χ0v) is 13.5. The smallest absolute Gasteiger partial charge is 0.307 e. The molecule has 1 rings (SSSR count). The Kier molecular flexibility index (Phi) is 7.57. The summed E-state index contributed by atoms with van der Waals surface area (Å²) >= 11 is 0. The van der Waals surface area contributed by atoms with Crippen LogP contribution in [0.15, 0.2) is 24.3 Å². The Hall–Kier alpha value is -1.91. The van der Waals surface area contributed by atoms with Gasteiger partial charge in [0.05, 0.1) is 13.0 Å². The summed E-state index contributed by atoms with van der Waals surface area (Å²) in [4.78, 5) is 25.6. The van der Waals surface area contributed by atoms with Crippen molar-refractivity contribution >= 4 is 11.9 Å². The third-order valence-corrected chi connectivity index (χ3v) is 3.25. The normalized spacial score (nSPS) is 10.6. The monoisotopic (exact) mass is 309 g/mol. The summed E-state index contributed by atoms with van der Waals surface area (Å²) in [6.07, 6.45) is 1.01. The van der Waals surface area contributed by atoms with Crippen LogP contribution in [0.4, 0.5) is 4.39 Å². The minimum atomic E-state index is -0.378. The van der Waals surface area contributed by atoms with Crippen molar-refractivity contribution in [3.63, 3.8) is 0 Å². The number of rotatable bonds is 8. The summed E-state index contributed by atoms with van der Waals surface area (Å²) in [7, 11) is 0. The van der Waals surface area contributed by atoms with E-state index in [-0.39, 0.29) is 24.1 Å². The molecule has 5 heteroatoms. The van der Waals surface area contributed by atoms with Crippen LogP contribution < -0.4 is 0 Å². The fraction of sp³-hybridized carbons (Fsp3) is 0.529. The Morgan fingerprint density at radius 3 is 2.36 bits per heavy atom. The van der Waals surface area contributed by atoms with E-state index in [2.05, 4.69) is 13.8 Å². The Bertz CT molecular complexity index is 485. The molecule has 1 aromatic rings. The van der Waals surface area contributed by atoms with Crippen LogP contribution in [0.1, 0.15) is 44.0 Å². The first-order valence-corrected chi connectivity index (χ1v) is 7.64. The lowest BCUT2D eigenvalue weighted by atomic mass is 10.1. The largest absolute Gasteiger partial charge is 0.466 e. The molecule has 22 heavy (non-hydrogen) atoms. The first-order valence-electron chi connectivity index (χ1n) is 7.64. The number of halogens is 1. The molecule has 0 spiro atoms. The average molecular weight is 309 g/mol. The zero-order chi connectivity index (χ0) is 16.5. The van der Waals surface area contributed by atoms with Gasteiger partial charge < -0.3 is 9.64 Å². The summed E-state index contributed by atoms with van der Waals surface area (Å²) in [5, 5.41) is 0. The van der Waals surface area contributed by atoms with Gasteiger partial charge in [0.2, 0.25) is 0 Å². The zero-order valence-electron chi connectivity index (χ0n) is 13.5. The molecule has 0 saturated heterocycles. The fourth-order valence-electron chi connectivity index (χ4n) is 1.96.